The third-order valence-corrected chi connectivity index (χ3v) is 7.42. The fraction of sp³-hybridized carbons (Fsp3) is 0.167. The molecular formula is C24H22N2O5S. The van der Waals surface area contributed by atoms with Crippen molar-refractivity contribution >= 4 is 33.3 Å². The molecule has 1 amide bonds. The fourth-order valence-electron chi connectivity index (χ4n) is 3.91. The molecule has 0 unspecified atom stereocenters. The number of fused-ring (bicyclic) bond motifs is 3. The van der Waals surface area contributed by atoms with E-state index in [2.05, 4.69) is 5.32 Å². The Kier molecular flexibility index (Phi) is 5.26. The predicted octanol–water partition coefficient (Wildman–Crippen LogP) is 4.15. The van der Waals surface area contributed by atoms with Gasteiger partial charge in [-0.2, -0.15) is 0 Å². The first kappa shape index (κ1) is 21.6. The summed E-state index contributed by atoms with van der Waals surface area (Å²) in [7, 11) is -0.861. The minimum Gasteiger partial charge on any atom is -0.465 e. The van der Waals surface area contributed by atoms with Crippen molar-refractivity contribution in [2.75, 3.05) is 23.8 Å². The molecule has 0 saturated heterocycles. The standard InChI is InChI=1S/C24H22N2O5S/c1-14-9-10-16(24(28)31-4)13-20(14)25-23(27)17-11-15(2)22-19(12-17)18-7-5-6-8-21(18)32(29,30)26(22)3/h5-13H,1-4H3,(H,25,27). The quantitative estimate of drug-likeness (QED) is 0.605. The van der Waals surface area contributed by atoms with Crippen molar-refractivity contribution < 1.29 is 22.7 Å². The molecule has 0 aromatic heterocycles. The molecule has 1 aliphatic rings. The Hall–Kier alpha value is -3.65. The lowest BCUT2D eigenvalue weighted by molar-refractivity contribution is 0.0600. The van der Waals surface area contributed by atoms with E-state index in [9.17, 15) is 18.0 Å². The van der Waals surface area contributed by atoms with Crippen LogP contribution >= 0.6 is 0 Å². The molecule has 7 nitrogen and oxygen atoms in total. The van der Waals surface area contributed by atoms with E-state index >= 15 is 0 Å². The van der Waals surface area contributed by atoms with Crippen LogP contribution in [-0.4, -0.2) is 34.5 Å². The van der Waals surface area contributed by atoms with Gasteiger partial charge in [0, 0.05) is 29.4 Å². The van der Waals surface area contributed by atoms with Gasteiger partial charge in [0.15, 0.2) is 0 Å². The van der Waals surface area contributed by atoms with E-state index in [-0.39, 0.29) is 10.8 Å². The first-order valence-corrected chi connectivity index (χ1v) is 11.3. The van der Waals surface area contributed by atoms with Crippen molar-refractivity contribution in [3.05, 3.63) is 76.9 Å². The molecule has 0 spiro atoms. The van der Waals surface area contributed by atoms with Gasteiger partial charge in [0.1, 0.15) is 0 Å². The zero-order chi connectivity index (χ0) is 23.2. The number of sulfonamides is 1. The summed E-state index contributed by atoms with van der Waals surface area (Å²) in [5.74, 6) is -0.861. The molecule has 0 radical (unpaired) electrons. The number of hydrogen-bond acceptors (Lipinski definition) is 5. The lowest BCUT2D eigenvalue weighted by Gasteiger charge is -2.31. The van der Waals surface area contributed by atoms with Crippen molar-refractivity contribution in [2.24, 2.45) is 0 Å². The van der Waals surface area contributed by atoms with E-state index in [1.165, 1.54) is 18.5 Å². The van der Waals surface area contributed by atoms with Crippen LogP contribution in [0.4, 0.5) is 11.4 Å². The molecule has 1 N–H and O–H groups in total. The summed E-state index contributed by atoms with van der Waals surface area (Å²) < 4.78 is 31.9. The number of anilines is 2. The van der Waals surface area contributed by atoms with Crippen LogP contribution in [0, 0.1) is 13.8 Å². The first-order chi connectivity index (χ1) is 15.1. The van der Waals surface area contributed by atoms with Gasteiger partial charge in [-0.05, 0) is 55.3 Å². The van der Waals surface area contributed by atoms with Crippen LogP contribution in [0.3, 0.4) is 0 Å². The molecule has 8 heteroatoms. The zero-order valence-corrected chi connectivity index (χ0v) is 18.9. The molecule has 0 saturated carbocycles. The van der Waals surface area contributed by atoms with Crippen LogP contribution in [0.25, 0.3) is 11.1 Å². The fourth-order valence-corrected chi connectivity index (χ4v) is 5.40. The topological polar surface area (TPSA) is 92.8 Å². The number of methoxy groups -OCH3 is 1. The highest BCUT2D eigenvalue weighted by molar-refractivity contribution is 7.93. The van der Waals surface area contributed by atoms with Crippen LogP contribution in [0.1, 0.15) is 31.8 Å². The number of amides is 1. The summed E-state index contributed by atoms with van der Waals surface area (Å²) in [5, 5.41) is 2.85. The largest absolute Gasteiger partial charge is 0.465 e. The van der Waals surface area contributed by atoms with Crippen molar-refractivity contribution in [1.82, 2.24) is 0 Å². The maximum Gasteiger partial charge on any atom is 0.337 e. The molecule has 32 heavy (non-hydrogen) atoms. The molecular weight excluding hydrogens is 428 g/mol. The summed E-state index contributed by atoms with van der Waals surface area (Å²) in [4.78, 5) is 25.2. The number of nitrogens with zero attached hydrogens (tertiary/aromatic N) is 1. The average molecular weight is 451 g/mol. The molecule has 3 aromatic rings. The van der Waals surface area contributed by atoms with Crippen molar-refractivity contribution in [2.45, 2.75) is 18.7 Å². The molecule has 0 bridgehead atoms. The molecule has 164 valence electrons. The minimum absolute atomic E-state index is 0.202. The summed E-state index contributed by atoms with van der Waals surface area (Å²) in [6, 6.07) is 15.0. The van der Waals surface area contributed by atoms with Crippen LogP contribution in [0.15, 0.2) is 59.5 Å². The molecule has 0 atom stereocenters. The monoisotopic (exact) mass is 450 g/mol. The Morgan fingerprint density at radius 3 is 2.34 bits per heavy atom. The normalized spacial score (nSPS) is 13.7. The number of ether oxygens (including phenoxy) is 1. The van der Waals surface area contributed by atoms with Gasteiger partial charge in [-0.15, -0.1) is 0 Å². The smallest absolute Gasteiger partial charge is 0.337 e. The highest BCUT2D eigenvalue weighted by Gasteiger charge is 2.34. The van der Waals surface area contributed by atoms with Gasteiger partial charge in [-0.1, -0.05) is 24.3 Å². The van der Waals surface area contributed by atoms with E-state index in [1.54, 1.807) is 61.5 Å². The third kappa shape index (κ3) is 3.42. The maximum absolute atomic E-state index is 13.1. The molecule has 0 fully saturated rings. The number of aryl methyl sites for hydroxylation is 2. The van der Waals surface area contributed by atoms with Crippen molar-refractivity contribution in [3.8, 4) is 11.1 Å². The maximum atomic E-state index is 13.1. The second kappa shape index (κ2) is 7.80. The van der Waals surface area contributed by atoms with E-state index in [0.717, 1.165) is 5.56 Å². The van der Waals surface area contributed by atoms with E-state index in [0.29, 0.717) is 39.2 Å². The second-order valence-electron chi connectivity index (χ2n) is 7.63. The van der Waals surface area contributed by atoms with Crippen LogP contribution in [-0.2, 0) is 14.8 Å². The summed E-state index contributed by atoms with van der Waals surface area (Å²) in [6.07, 6.45) is 0. The zero-order valence-electron chi connectivity index (χ0n) is 18.1. The lowest BCUT2D eigenvalue weighted by Crippen LogP contribution is -2.31. The number of carbonyl (C=O) groups excluding carboxylic acids is 2. The van der Waals surface area contributed by atoms with Gasteiger partial charge < -0.3 is 10.1 Å². The molecule has 4 rings (SSSR count). The van der Waals surface area contributed by atoms with Crippen LogP contribution in [0.5, 0.6) is 0 Å². The Morgan fingerprint density at radius 2 is 1.62 bits per heavy atom. The van der Waals surface area contributed by atoms with Gasteiger partial charge in [0.05, 0.1) is 23.3 Å². The third-order valence-electron chi connectivity index (χ3n) is 5.60. The molecule has 1 heterocycles. The predicted molar refractivity (Wildman–Crippen MR) is 123 cm³/mol. The van der Waals surface area contributed by atoms with E-state index in [1.807, 2.05) is 6.92 Å². The summed E-state index contributed by atoms with van der Waals surface area (Å²) in [6.45, 7) is 3.60. The Morgan fingerprint density at radius 1 is 0.906 bits per heavy atom. The molecule has 0 aliphatic carbocycles. The lowest BCUT2D eigenvalue weighted by atomic mass is 9.96. The van der Waals surface area contributed by atoms with Crippen molar-refractivity contribution in [1.29, 1.82) is 0 Å². The Bertz CT molecular complexity index is 1380. The number of nitrogens with one attached hydrogen (secondary N) is 1. The summed E-state index contributed by atoms with van der Waals surface area (Å²) >= 11 is 0. The number of hydrogen-bond donors (Lipinski definition) is 1. The van der Waals surface area contributed by atoms with Gasteiger partial charge in [0.2, 0.25) is 0 Å². The van der Waals surface area contributed by atoms with Crippen LogP contribution in [0.2, 0.25) is 0 Å². The molecule has 1 aliphatic heterocycles. The van der Waals surface area contributed by atoms with E-state index in [4.69, 9.17) is 4.74 Å². The van der Waals surface area contributed by atoms with Crippen LogP contribution < -0.4 is 9.62 Å². The number of esters is 1. The SMILES string of the molecule is COC(=O)c1ccc(C)c(NC(=O)c2cc(C)c3c(c2)-c2ccccc2S(=O)(=O)N3C)c1. The van der Waals surface area contributed by atoms with Gasteiger partial charge in [-0.3, -0.25) is 9.10 Å². The molecule has 3 aromatic carbocycles. The highest BCUT2D eigenvalue weighted by atomic mass is 32.2. The van der Waals surface area contributed by atoms with E-state index < -0.39 is 16.0 Å². The number of benzene rings is 3. The van der Waals surface area contributed by atoms with Gasteiger partial charge >= 0.3 is 5.97 Å². The van der Waals surface area contributed by atoms with Crippen molar-refractivity contribution in [3.63, 3.8) is 0 Å². The number of rotatable bonds is 3. The minimum atomic E-state index is -3.67. The van der Waals surface area contributed by atoms with Gasteiger partial charge in [0.25, 0.3) is 15.9 Å². The Balaban J connectivity index is 1.78. The van der Waals surface area contributed by atoms with Gasteiger partial charge in [-0.25, -0.2) is 13.2 Å². The average Bonchev–Trinajstić information content (AvgIpc) is 2.78. The Labute approximate surface area is 186 Å². The number of carbonyl (C=O) groups is 2. The second-order valence-corrected chi connectivity index (χ2v) is 9.57. The summed E-state index contributed by atoms with van der Waals surface area (Å²) in [5.41, 5.74) is 4.43. The first-order valence-electron chi connectivity index (χ1n) is 9.88. The highest BCUT2D eigenvalue weighted by Crippen LogP contribution is 2.44.